The molecular formula is C27H38OS. The Labute approximate surface area is 182 Å². The first-order valence-corrected chi connectivity index (χ1v) is 12.5. The van der Waals surface area contributed by atoms with Crippen LogP contribution >= 0.6 is 11.8 Å². The molecule has 1 aliphatic rings. The molecule has 29 heavy (non-hydrogen) atoms. The topological polar surface area (TPSA) is 9.23 Å². The summed E-state index contributed by atoms with van der Waals surface area (Å²) in [5.41, 5.74) is 8.54. The third-order valence-electron chi connectivity index (χ3n) is 6.36. The van der Waals surface area contributed by atoms with Crippen LogP contribution in [-0.2, 0) is 12.8 Å². The molecule has 0 saturated carbocycles. The predicted molar refractivity (Wildman–Crippen MR) is 129 cm³/mol. The molecule has 1 heterocycles. The molecular weight excluding hydrogens is 372 g/mol. The van der Waals surface area contributed by atoms with Crippen molar-refractivity contribution in [2.75, 3.05) is 6.26 Å². The first-order chi connectivity index (χ1) is 13.8. The lowest BCUT2D eigenvalue weighted by atomic mass is 9.85. The van der Waals surface area contributed by atoms with Crippen molar-refractivity contribution in [2.45, 2.75) is 90.4 Å². The number of ether oxygens (including phenoxy) is 1. The highest BCUT2D eigenvalue weighted by molar-refractivity contribution is 7.99. The van der Waals surface area contributed by atoms with Gasteiger partial charge in [0.15, 0.2) is 0 Å². The Hall–Kier alpha value is -1.41. The fourth-order valence-electron chi connectivity index (χ4n) is 4.52. The second-order valence-electron chi connectivity index (χ2n) is 9.38. The number of hydrogen-bond acceptors (Lipinski definition) is 2. The van der Waals surface area contributed by atoms with Crippen LogP contribution in [0, 0.1) is 0 Å². The van der Waals surface area contributed by atoms with E-state index in [2.05, 4.69) is 85.1 Å². The summed E-state index contributed by atoms with van der Waals surface area (Å²) < 4.78 is 6.79. The highest BCUT2D eigenvalue weighted by atomic mass is 32.2. The van der Waals surface area contributed by atoms with Crippen molar-refractivity contribution in [1.29, 1.82) is 0 Å². The highest BCUT2D eigenvalue weighted by Gasteiger charge is 2.33. The van der Waals surface area contributed by atoms with E-state index < -0.39 is 0 Å². The zero-order valence-electron chi connectivity index (χ0n) is 19.5. The van der Waals surface area contributed by atoms with Gasteiger partial charge in [-0.15, -0.1) is 0 Å². The van der Waals surface area contributed by atoms with Crippen molar-refractivity contribution < 1.29 is 4.74 Å². The molecule has 2 aromatic carbocycles. The molecule has 0 bridgehead atoms. The SMILES string of the molecule is CCc1ccc([C@H]2Oc3cc(C(C)C)cc(C(C)C)c3CC2SC)cc1C(C)C. The van der Waals surface area contributed by atoms with E-state index in [0.29, 0.717) is 23.0 Å². The van der Waals surface area contributed by atoms with Crippen LogP contribution in [0.4, 0.5) is 0 Å². The van der Waals surface area contributed by atoms with Crippen LogP contribution in [0.5, 0.6) is 5.75 Å². The molecule has 0 aromatic heterocycles. The molecule has 0 aliphatic carbocycles. The lowest BCUT2D eigenvalue weighted by molar-refractivity contribution is 0.182. The molecule has 1 unspecified atom stereocenters. The standard InChI is InChI=1S/C27H38OS/c1-9-19-10-11-20(12-22(19)17(4)5)27-26(29-8)15-24-23(18(6)7)13-21(16(2)3)14-25(24)28-27/h10-14,16-18,26-27H,9,15H2,1-8H3/t26?,27-/m1/s1. The van der Waals surface area contributed by atoms with Crippen molar-refractivity contribution in [2.24, 2.45) is 0 Å². The smallest absolute Gasteiger partial charge is 0.136 e. The minimum Gasteiger partial charge on any atom is -0.484 e. The Kier molecular flexibility index (Phi) is 7.04. The van der Waals surface area contributed by atoms with Gasteiger partial charge >= 0.3 is 0 Å². The van der Waals surface area contributed by atoms with E-state index in [4.69, 9.17) is 4.74 Å². The Morgan fingerprint density at radius 3 is 2.17 bits per heavy atom. The van der Waals surface area contributed by atoms with Crippen LogP contribution in [0.15, 0.2) is 30.3 Å². The van der Waals surface area contributed by atoms with Crippen molar-refractivity contribution >= 4 is 11.8 Å². The van der Waals surface area contributed by atoms with Gasteiger partial charge in [-0.05, 0) is 76.3 Å². The Balaban J connectivity index is 2.07. The molecule has 3 rings (SSSR count). The largest absolute Gasteiger partial charge is 0.484 e. The van der Waals surface area contributed by atoms with Crippen LogP contribution < -0.4 is 4.74 Å². The molecule has 0 N–H and O–H groups in total. The van der Waals surface area contributed by atoms with E-state index in [-0.39, 0.29) is 6.10 Å². The normalized spacial score (nSPS) is 19.0. The Morgan fingerprint density at radius 1 is 0.931 bits per heavy atom. The van der Waals surface area contributed by atoms with Crippen LogP contribution in [-0.4, -0.2) is 11.5 Å². The van der Waals surface area contributed by atoms with Gasteiger partial charge < -0.3 is 4.74 Å². The average molecular weight is 411 g/mol. The summed E-state index contributed by atoms with van der Waals surface area (Å²) in [6.45, 7) is 16.0. The fraction of sp³-hybridized carbons (Fsp3) is 0.556. The zero-order chi connectivity index (χ0) is 21.3. The number of aryl methyl sites for hydroxylation is 1. The third kappa shape index (κ3) is 4.53. The second-order valence-corrected chi connectivity index (χ2v) is 10.5. The van der Waals surface area contributed by atoms with Gasteiger partial charge in [0.05, 0.1) is 0 Å². The van der Waals surface area contributed by atoms with E-state index in [9.17, 15) is 0 Å². The minimum absolute atomic E-state index is 0.114. The van der Waals surface area contributed by atoms with Crippen molar-refractivity contribution in [3.63, 3.8) is 0 Å². The van der Waals surface area contributed by atoms with Gasteiger partial charge in [-0.2, -0.15) is 11.8 Å². The summed E-state index contributed by atoms with van der Waals surface area (Å²) in [5.74, 6) is 2.67. The van der Waals surface area contributed by atoms with Gasteiger partial charge in [-0.3, -0.25) is 0 Å². The predicted octanol–water partition coefficient (Wildman–Crippen LogP) is 8.03. The third-order valence-corrected chi connectivity index (χ3v) is 7.37. The first kappa shape index (κ1) is 22.3. The lowest BCUT2D eigenvalue weighted by Gasteiger charge is -2.36. The number of hydrogen-bond donors (Lipinski definition) is 0. The van der Waals surface area contributed by atoms with Gasteiger partial charge in [0.25, 0.3) is 0 Å². The van der Waals surface area contributed by atoms with Crippen LogP contribution in [0.25, 0.3) is 0 Å². The maximum Gasteiger partial charge on any atom is 0.136 e. The Morgan fingerprint density at radius 2 is 1.62 bits per heavy atom. The summed E-state index contributed by atoms with van der Waals surface area (Å²) in [6, 6.07) is 11.8. The summed E-state index contributed by atoms with van der Waals surface area (Å²) in [5, 5.41) is 0.442. The van der Waals surface area contributed by atoms with E-state index in [1.165, 1.54) is 33.4 Å². The summed E-state index contributed by atoms with van der Waals surface area (Å²) in [7, 11) is 0. The van der Waals surface area contributed by atoms with Gasteiger partial charge in [-0.25, -0.2) is 0 Å². The van der Waals surface area contributed by atoms with E-state index in [1.54, 1.807) is 0 Å². The van der Waals surface area contributed by atoms with Gasteiger partial charge in [0.1, 0.15) is 11.9 Å². The van der Waals surface area contributed by atoms with Crippen molar-refractivity contribution in [3.05, 3.63) is 63.7 Å². The maximum atomic E-state index is 6.79. The maximum absolute atomic E-state index is 6.79. The fourth-order valence-corrected chi connectivity index (χ4v) is 5.31. The Bertz CT molecular complexity index is 850. The highest BCUT2D eigenvalue weighted by Crippen LogP contribution is 2.44. The van der Waals surface area contributed by atoms with Crippen molar-refractivity contribution in [1.82, 2.24) is 0 Å². The summed E-state index contributed by atoms with van der Waals surface area (Å²) in [6.07, 6.45) is 4.51. The molecule has 0 radical (unpaired) electrons. The van der Waals surface area contributed by atoms with E-state index in [1.807, 2.05) is 11.8 Å². The van der Waals surface area contributed by atoms with E-state index >= 15 is 0 Å². The molecule has 2 aromatic rings. The number of rotatable bonds is 6. The van der Waals surface area contributed by atoms with Gasteiger partial charge in [0, 0.05) is 5.25 Å². The molecule has 0 spiro atoms. The summed E-state index contributed by atoms with van der Waals surface area (Å²) >= 11 is 1.94. The zero-order valence-corrected chi connectivity index (χ0v) is 20.3. The molecule has 2 heteroatoms. The average Bonchev–Trinajstić information content (AvgIpc) is 2.70. The number of benzene rings is 2. The second kappa shape index (κ2) is 9.16. The molecule has 158 valence electrons. The van der Waals surface area contributed by atoms with Gasteiger partial charge in [0.2, 0.25) is 0 Å². The van der Waals surface area contributed by atoms with Gasteiger partial charge in [-0.1, -0.05) is 72.7 Å². The molecule has 0 amide bonds. The van der Waals surface area contributed by atoms with Crippen LogP contribution in [0.1, 0.15) is 106 Å². The molecule has 2 atom stereocenters. The van der Waals surface area contributed by atoms with Crippen molar-refractivity contribution in [3.8, 4) is 5.75 Å². The molecule has 1 aliphatic heterocycles. The monoisotopic (exact) mass is 410 g/mol. The molecule has 0 saturated heterocycles. The summed E-state index contributed by atoms with van der Waals surface area (Å²) in [4.78, 5) is 0. The van der Waals surface area contributed by atoms with Crippen LogP contribution in [0.3, 0.4) is 0 Å². The van der Waals surface area contributed by atoms with Crippen LogP contribution in [0.2, 0.25) is 0 Å². The molecule has 1 nitrogen and oxygen atoms in total. The number of thioether (sulfide) groups is 1. The minimum atomic E-state index is 0.114. The van der Waals surface area contributed by atoms with E-state index in [0.717, 1.165) is 18.6 Å². The lowest BCUT2D eigenvalue weighted by Crippen LogP contribution is -2.29. The molecule has 0 fully saturated rings. The number of fused-ring (bicyclic) bond motifs is 1. The first-order valence-electron chi connectivity index (χ1n) is 11.3. The quantitative estimate of drug-likeness (QED) is 0.476.